The van der Waals surface area contributed by atoms with Crippen LogP contribution in [0.25, 0.3) is 0 Å². The number of rotatable bonds is 12. The molecule has 32 heavy (non-hydrogen) atoms. The van der Waals surface area contributed by atoms with E-state index in [1.165, 1.54) is 48.6 Å². The van der Waals surface area contributed by atoms with Gasteiger partial charge in [0.15, 0.2) is 0 Å². The van der Waals surface area contributed by atoms with E-state index in [0.717, 1.165) is 11.8 Å². The standard InChI is InChI=1S/C30H48P2/c1-25(2)21-31(29(4,5)6)22-26(3)19-20-30(7,8)32(23-27-15-11-9-12-16-27)24-28-17-13-10-14-18-28/h9-18,25-26H,19-24H2,1-8H3. The van der Waals surface area contributed by atoms with Crippen LogP contribution >= 0.6 is 15.8 Å². The summed E-state index contributed by atoms with van der Waals surface area (Å²) in [5.41, 5.74) is 3.01. The summed E-state index contributed by atoms with van der Waals surface area (Å²) < 4.78 is 0. The van der Waals surface area contributed by atoms with Gasteiger partial charge in [0.2, 0.25) is 0 Å². The highest BCUT2D eigenvalue weighted by atomic mass is 31.1. The highest BCUT2D eigenvalue weighted by molar-refractivity contribution is 7.59. The highest BCUT2D eigenvalue weighted by Crippen LogP contribution is 2.58. The summed E-state index contributed by atoms with van der Waals surface area (Å²) in [5.74, 6) is 1.64. The Kier molecular flexibility index (Phi) is 10.9. The fourth-order valence-electron chi connectivity index (χ4n) is 4.38. The minimum Gasteiger partial charge on any atom is -0.101 e. The van der Waals surface area contributed by atoms with Crippen LogP contribution in [0.3, 0.4) is 0 Å². The molecular formula is C30H48P2. The van der Waals surface area contributed by atoms with E-state index in [9.17, 15) is 0 Å². The second-order valence-electron chi connectivity index (χ2n) is 11.8. The Bertz CT molecular complexity index is 717. The molecule has 2 atom stereocenters. The Balaban J connectivity index is 2.07. The molecule has 0 N–H and O–H groups in total. The molecule has 0 aromatic heterocycles. The lowest BCUT2D eigenvalue weighted by molar-refractivity contribution is 0.496. The lowest BCUT2D eigenvalue weighted by Crippen LogP contribution is -2.23. The fourth-order valence-corrected chi connectivity index (χ4v) is 10.2. The van der Waals surface area contributed by atoms with E-state index in [2.05, 4.69) is 116 Å². The molecule has 0 nitrogen and oxygen atoms in total. The van der Waals surface area contributed by atoms with Crippen molar-refractivity contribution in [1.29, 1.82) is 0 Å². The van der Waals surface area contributed by atoms with Gasteiger partial charge in [0.05, 0.1) is 0 Å². The molecule has 2 unspecified atom stereocenters. The van der Waals surface area contributed by atoms with E-state index < -0.39 is 0 Å². The molecule has 2 aromatic carbocycles. The fraction of sp³-hybridized carbons (Fsp3) is 0.600. The second kappa shape index (κ2) is 12.7. The first-order chi connectivity index (χ1) is 15.0. The summed E-state index contributed by atoms with van der Waals surface area (Å²) in [6.07, 6.45) is 8.02. The Labute approximate surface area is 202 Å². The lowest BCUT2D eigenvalue weighted by atomic mass is 10.00. The van der Waals surface area contributed by atoms with E-state index >= 15 is 0 Å². The van der Waals surface area contributed by atoms with Gasteiger partial charge in [-0.2, -0.15) is 0 Å². The second-order valence-corrected chi connectivity index (χ2v) is 17.8. The lowest BCUT2D eigenvalue weighted by Gasteiger charge is -2.38. The third-order valence-corrected chi connectivity index (χ3v) is 14.2. The van der Waals surface area contributed by atoms with Crippen LogP contribution in [-0.4, -0.2) is 22.6 Å². The summed E-state index contributed by atoms with van der Waals surface area (Å²) in [7, 11) is -0.0562. The summed E-state index contributed by atoms with van der Waals surface area (Å²) in [6.45, 7) is 19.8. The van der Waals surface area contributed by atoms with Gasteiger partial charge >= 0.3 is 0 Å². The SMILES string of the molecule is CC(C)CP(CC(C)CCC(C)(C)P(Cc1ccccc1)Cc1ccccc1)C(C)(C)C. The van der Waals surface area contributed by atoms with Crippen molar-refractivity contribution >= 4 is 15.8 Å². The molecule has 0 bridgehead atoms. The monoisotopic (exact) mass is 470 g/mol. The van der Waals surface area contributed by atoms with Crippen molar-refractivity contribution in [2.75, 3.05) is 12.3 Å². The maximum Gasteiger partial charge on any atom is -0.00653 e. The molecule has 0 aliphatic carbocycles. The van der Waals surface area contributed by atoms with Gasteiger partial charge in [0.25, 0.3) is 0 Å². The first-order valence-corrected chi connectivity index (χ1v) is 16.0. The molecule has 178 valence electrons. The molecule has 2 rings (SSSR count). The van der Waals surface area contributed by atoms with Gasteiger partial charge in [0.1, 0.15) is 0 Å². The van der Waals surface area contributed by atoms with E-state index in [0.29, 0.717) is 10.3 Å². The van der Waals surface area contributed by atoms with Crippen molar-refractivity contribution in [3.05, 3.63) is 71.8 Å². The number of hydrogen-bond donors (Lipinski definition) is 0. The van der Waals surface area contributed by atoms with Crippen molar-refractivity contribution in [1.82, 2.24) is 0 Å². The molecule has 0 radical (unpaired) electrons. The first kappa shape index (κ1) is 27.5. The van der Waals surface area contributed by atoms with Crippen molar-refractivity contribution in [2.24, 2.45) is 11.8 Å². The smallest absolute Gasteiger partial charge is 0.00653 e. The summed E-state index contributed by atoms with van der Waals surface area (Å²) in [6, 6.07) is 22.4. The van der Waals surface area contributed by atoms with Gasteiger partial charge in [-0.3, -0.25) is 0 Å². The van der Waals surface area contributed by atoms with Gasteiger partial charge < -0.3 is 0 Å². The third-order valence-electron chi connectivity index (χ3n) is 6.60. The molecule has 0 saturated carbocycles. The maximum absolute atomic E-state index is 2.55. The van der Waals surface area contributed by atoms with Gasteiger partial charge in [0, 0.05) is 0 Å². The molecule has 0 aliphatic heterocycles. The predicted molar refractivity (Wildman–Crippen MR) is 151 cm³/mol. The Morgan fingerprint density at radius 2 is 1.12 bits per heavy atom. The van der Waals surface area contributed by atoms with Crippen LogP contribution in [0.1, 0.15) is 79.4 Å². The summed E-state index contributed by atoms with van der Waals surface area (Å²) in [5, 5.41) is 0.856. The predicted octanol–water partition coefficient (Wildman–Crippen LogP) is 10.00. The minimum absolute atomic E-state index is 0.0825. The van der Waals surface area contributed by atoms with Crippen molar-refractivity contribution in [3.63, 3.8) is 0 Å². The van der Waals surface area contributed by atoms with E-state index in [1.54, 1.807) is 0 Å². The molecule has 2 heteroatoms. The van der Waals surface area contributed by atoms with Crippen molar-refractivity contribution < 1.29 is 0 Å². The van der Waals surface area contributed by atoms with Gasteiger partial charge in [-0.15, -0.1) is 7.92 Å². The molecule has 0 heterocycles. The van der Waals surface area contributed by atoms with Gasteiger partial charge in [-0.05, 0) is 70.8 Å². The molecule has 0 saturated heterocycles. The van der Waals surface area contributed by atoms with Crippen LogP contribution < -0.4 is 0 Å². The minimum atomic E-state index is -0.139. The van der Waals surface area contributed by atoms with Crippen LogP contribution in [-0.2, 0) is 12.3 Å². The van der Waals surface area contributed by atoms with Crippen molar-refractivity contribution in [2.45, 2.75) is 90.9 Å². The van der Waals surface area contributed by atoms with Crippen LogP contribution in [0.15, 0.2) is 60.7 Å². The third kappa shape index (κ3) is 9.65. The maximum atomic E-state index is 2.55. The van der Waals surface area contributed by atoms with E-state index in [4.69, 9.17) is 0 Å². The van der Waals surface area contributed by atoms with Crippen molar-refractivity contribution in [3.8, 4) is 0 Å². The molecule has 0 fully saturated rings. The topological polar surface area (TPSA) is 0 Å². The number of benzene rings is 2. The van der Waals surface area contributed by atoms with Gasteiger partial charge in [-0.1, -0.05) is 124 Å². The molecule has 0 spiro atoms. The summed E-state index contributed by atoms with van der Waals surface area (Å²) in [4.78, 5) is 0. The zero-order chi connectivity index (χ0) is 23.8. The van der Waals surface area contributed by atoms with Crippen LogP contribution in [0, 0.1) is 11.8 Å². The molecular weight excluding hydrogens is 422 g/mol. The van der Waals surface area contributed by atoms with Gasteiger partial charge in [-0.25, -0.2) is 0 Å². The molecule has 0 amide bonds. The highest BCUT2D eigenvalue weighted by Gasteiger charge is 2.31. The van der Waals surface area contributed by atoms with Crippen LogP contribution in [0.4, 0.5) is 0 Å². The average molecular weight is 471 g/mol. The normalized spacial score (nSPS) is 14.7. The van der Waals surface area contributed by atoms with E-state index in [1.807, 2.05) is 0 Å². The zero-order valence-electron chi connectivity index (χ0n) is 22.1. The first-order valence-electron chi connectivity index (χ1n) is 12.6. The molecule has 0 aliphatic rings. The Morgan fingerprint density at radius 1 is 0.656 bits per heavy atom. The van der Waals surface area contributed by atoms with E-state index in [-0.39, 0.29) is 15.8 Å². The Hall–Kier alpha value is -0.700. The van der Waals surface area contributed by atoms with Crippen LogP contribution in [0.2, 0.25) is 0 Å². The number of hydrogen-bond acceptors (Lipinski definition) is 0. The zero-order valence-corrected chi connectivity index (χ0v) is 23.9. The quantitative estimate of drug-likeness (QED) is 0.271. The molecule has 2 aromatic rings. The van der Waals surface area contributed by atoms with Crippen LogP contribution in [0.5, 0.6) is 0 Å². The summed E-state index contributed by atoms with van der Waals surface area (Å²) >= 11 is 0. The average Bonchev–Trinajstić information content (AvgIpc) is 2.72. The Morgan fingerprint density at radius 3 is 1.53 bits per heavy atom. The largest absolute Gasteiger partial charge is 0.101 e.